The Balaban J connectivity index is 1.56. The summed E-state index contributed by atoms with van der Waals surface area (Å²) in [6.45, 7) is 0. The lowest BCUT2D eigenvalue weighted by Crippen LogP contribution is -2.04. The molecule has 0 radical (unpaired) electrons. The number of nitrogens with one attached hydrogen (secondary N) is 3. The summed E-state index contributed by atoms with van der Waals surface area (Å²) in [5.74, 6) is -3.55. The number of hydrazone groups is 2. The number of aromatic nitrogens is 2. The monoisotopic (exact) mass is 479 g/mol. The summed E-state index contributed by atoms with van der Waals surface area (Å²) in [7, 11) is 0. The van der Waals surface area contributed by atoms with Gasteiger partial charge in [0.2, 0.25) is 5.95 Å². The predicted octanol–water partition coefficient (Wildman–Crippen LogP) is 5.67. The van der Waals surface area contributed by atoms with Gasteiger partial charge in [-0.25, -0.2) is 23.0 Å². The van der Waals surface area contributed by atoms with Gasteiger partial charge in [0.1, 0.15) is 5.82 Å². The van der Waals surface area contributed by atoms with E-state index in [1.54, 1.807) is 0 Å². The maximum absolute atomic E-state index is 13.8. The first-order valence-corrected chi connectivity index (χ1v) is 10.2. The zero-order valence-corrected chi connectivity index (χ0v) is 17.9. The zero-order chi connectivity index (χ0) is 24.6. The molecule has 4 aromatic rings. The Kier molecular flexibility index (Phi) is 7.26. The Morgan fingerprint density at radius 2 is 1.20 bits per heavy atom. The minimum absolute atomic E-state index is 0.00590. The first-order valence-electron chi connectivity index (χ1n) is 10.2. The number of anilines is 4. The third-order valence-electron chi connectivity index (χ3n) is 4.49. The Morgan fingerprint density at radius 1 is 0.629 bits per heavy atom. The maximum Gasteiger partial charge on any atom is 0.247 e. The van der Waals surface area contributed by atoms with Crippen LogP contribution < -0.4 is 16.2 Å². The molecule has 3 N–H and O–H groups in total. The number of hydrogen-bond donors (Lipinski definition) is 3. The number of benzene rings is 3. The van der Waals surface area contributed by atoms with Crippen molar-refractivity contribution in [3.63, 3.8) is 0 Å². The summed E-state index contributed by atoms with van der Waals surface area (Å²) >= 11 is 0. The van der Waals surface area contributed by atoms with Crippen LogP contribution in [0.15, 0.2) is 83.0 Å². The zero-order valence-electron chi connectivity index (χ0n) is 17.9. The minimum Gasteiger partial charge on any atom is -0.340 e. The van der Waals surface area contributed by atoms with Crippen molar-refractivity contribution >= 4 is 35.7 Å². The SMILES string of the molecule is Fc1cccc(C=NNc2cc(Nc3ccccc3)nc(NN=Cc3cccc(F)c3F)n2)c1F. The van der Waals surface area contributed by atoms with Crippen molar-refractivity contribution in [2.75, 3.05) is 16.2 Å². The molecule has 0 saturated carbocycles. The largest absolute Gasteiger partial charge is 0.340 e. The van der Waals surface area contributed by atoms with Gasteiger partial charge in [-0.2, -0.15) is 20.2 Å². The molecule has 0 fully saturated rings. The molecule has 3 aromatic carbocycles. The third-order valence-corrected chi connectivity index (χ3v) is 4.49. The van der Waals surface area contributed by atoms with Gasteiger partial charge in [0, 0.05) is 22.9 Å². The molecule has 0 aliphatic carbocycles. The molecule has 1 heterocycles. The average Bonchev–Trinajstić information content (AvgIpc) is 2.85. The highest BCUT2D eigenvalue weighted by atomic mass is 19.2. The number of hydrogen-bond acceptors (Lipinski definition) is 7. The number of halogens is 4. The van der Waals surface area contributed by atoms with Crippen LogP contribution in [-0.4, -0.2) is 22.4 Å². The van der Waals surface area contributed by atoms with Gasteiger partial charge in [-0.15, -0.1) is 0 Å². The third kappa shape index (κ3) is 6.16. The van der Waals surface area contributed by atoms with Gasteiger partial charge in [-0.1, -0.05) is 42.5 Å². The minimum atomic E-state index is -1.04. The first-order chi connectivity index (χ1) is 17.0. The van der Waals surface area contributed by atoms with E-state index in [0.29, 0.717) is 5.82 Å². The quantitative estimate of drug-likeness (QED) is 0.172. The number of nitrogens with zero attached hydrogens (tertiary/aromatic N) is 4. The molecule has 0 aliphatic rings. The van der Waals surface area contributed by atoms with Crippen molar-refractivity contribution in [3.05, 3.63) is 107 Å². The van der Waals surface area contributed by atoms with Gasteiger partial charge < -0.3 is 5.32 Å². The Bertz CT molecular complexity index is 1300. The molecule has 0 unspecified atom stereocenters. The molecule has 0 spiro atoms. The molecule has 0 saturated heterocycles. The van der Waals surface area contributed by atoms with Gasteiger partial charge in [-0.3, -0.25) is 5.43 Å². The van der Waals surface area contributed by atoms with Crippen molar-refractivity contribution in [2.45, 2.75) is 0 Å². The van der Waals surface area contributed by atoms with Crippen LogP contribution >= 0.6 is 0 Å². The van der Waals surface area contributed by atoms with E-state index in [2.05, 4.69) is 36.3 Å². The van der Waals surface area contributed by atoms with E-state index >= 15 is 0 Å². The fraction of sp³-hybridized carbons (Fsp3) is 0. The van der Waals surface area contributed by atoms with Crippen molar-refractivity contribution in [2.24, 2.45) is 10.2 Å². The lowest BCUT2D eigenvalue weighted by Gasteiger charge is -2.09. The molecule has 35 heavy (non-hydrogen) atoms. The van der Waals surface area contributed by atoms with Gasteiger partial charge in [-0.05, 0) is 24.3 Å². The van der Waals surface area contributed by atoms with Crippen molar-refractivity contribution in [1.82, 2.24) is 9.97 Å². The summed E-state index contributed by atoms with van der Waals surface area (Å²) in [5.41, 5.74) is 5.77. The molecule has 0 aliphatic heterocycles. The van der Waals surface area contributed by atoms with Crippen LogP contribution in [0.25, 0.3) is 0 Å². The molecular formula is C24H17F4N7. The lowest BCUT2D eigenvalue weighted by molar-refractivity contribution is 0.507. The second-order valence-electron chi connectivity index (χ2n) is 6.98. The van der Waals surface area contributed by atoms with E-state index in [4.69, 9.17) is 0 Å². The summed E-state index contributed by atoms with van der Waals surface area (Å²) < 4.78 is 54.4. The summed E-state index contributed by atoms with van der Waals surface area (Å²) in [6.07, 6.45) is 2.18. The van der Waals surface area contributed by atoms with Crippen molar-refractivity contribution < 1.29 is 17.6 Å². The molecule has 11 heteroatoms. The van der Waals surface area contributed by atoms with Gasteiger partial charge >= 0.3 is 0 Å². The fourth-order valence-electron chi connectivity index (χ4n) is 2.86. The second kappa shape index (κ2) is 10.9. The summed E-state index contributed by atoms with van der Waals surface area (Å²) in [4.78, 5) is 8.46. The van der Waals surface area contributed by atoms with Gasteiger partial charge in [0.25, 0.3) is 0 Å². The fourth-order valence-corrected chi connectivity index (χ4v) is 2.86. The smallest absolute Gasteiger partial charge is 0.247 e. The summed E-state index contributed by atoms with van der Waals surface area (Å²) in [5, 5.41) is 10.8. The molecular weight excluding hydrogens is 462 g/mol. The molecule has 0 amide bonds. The maximum atomic E-state index is 13.8. The van der Waals surface area contributed by atoms with E-state index in [0.717, 1.165) is 30.2 Å². The molecule has 1 aromatic heterocycles. The molecule has 4 rings (SSSR count). The topological polar surface area (TPSA) is 86.6 Å². The van der Waals surface area contributed by atoms with Gasteiger partial charge in [0.05, 0.1) is 12.4 Å². The highest BCUT2D eigenvalue weighted by molar-refractivity contribution is 5.81. The van der Waals surface area contributed by atoms with E-state index < -0.39 is 23.3 Å². The van der Waals surface area contributed by atoms with Crippen LogP contribution in [0, 0.1) is 23.3 Å². The Labute approximate surface area is 197 Å². The van der Waals surface area contributed by atoms with E-state index in [-0.39, 0.29) is 22.9 Å². The molecule has 176 valence electrons. The first kappa shape index (κ1) is 23.4. The van der Waals surface area contributed by atoms with Crippen LogP contribution in [-0.2, 0) is 0 Å². The predicted molar refractivity (Wildman–Crippen MR) is 127 cm³/mol. The van der Waals surface area contributed by atoms with E-state index in [1.807, 2.05) is 30.3 Å². The molecule has 7 nitrogen and oxygen atoms in total. The normalized spacial score (nSPS) is 11.2. The van der Waals surface area contributed by atoms with Crippen LogP contribution in [0.4, 0.5) is 40.8 Å². The highest BCUT2D eigenvalue weighted by Gasteiger charge is 2.08. The lowest BCUT2D eigenvalue weighted by atomic mass is 10.2. The van der Waals surface area contributed by atoms with Crippen LogP contribution in [0.5, 0.6) is 0 Å². The molecule has 0 atom stereocenters. The van der Waals surface area contributed by atoms with Gasteiger partial charge in [0.15, 0.2) is 29.1 Å². The van der Waals surface area contributed by atoms with Crippen LogP contribution in [0.3, 0.4) is 0 Å². The van der Waals surface area contributed by atoms with Crippen LogP contribution in [0.2, 0.25) is 0 Å². The van der Waals surface area contributed by atoms with E-state index in [1.165, 1.54) is 30.3 Å². The standard InChI is InChI=1S/C24H17F4N7/c25-18-10-4-6-15(22(18)27)13-29-34-21-12-20(31-17-8-2-1-3-9-17)32-24(33-21)35-30-14-16-7-5-11-19(26)23(16)28/h1-14H,(H3,31,32,33,34,35). The Morgan fingerprint density at radius 3 is 1.83 bits per heavy atom. The number of rotatable bonds is 8. The highest BCUT2D eigenvalue weighted by Crippen LogP contribution is 2.19. The number of para-hydroxylation sites is 1. The average molecular weight is 479 g/mol. The van der Waals surface area contributed by atoms with E-state index in [9.17, 15) is 17.6 Å². The van der Waals surface area contributed by atoms with Crippen molar-refractivity contribution in [3.8, 4) is 0 Å². The summed E-state index contributed by atoms with van der Waals surface area (Å²) in [6, 6.07) is 18.1. The van der Waals surface area contributed by atoms with Crippen LogP contribution in [0.1, 0.15) is 11.1 Å². The van der Waals surface area contributed by atoms with Crippen molar-refractivity contribution in [1.29, 1.82) is 0 Å². The second-order valence-corrected chi connectivity index (χ2v) is 6.98. The molecule has 0 bridgehead atoms. The Hall–Kier alpha value is -4.80.